The summed E-state index contributed by atoms with van der Waals surface area (Å²) >= 11 is 0. The molecular formula is C25H32N6O2. The fourth-order valence-electron chi connectivity index (χ4n) is 4.25. The zero-order valence-electron chi connectivity index (χ0n) is 19.7. The molecule has 0 bridgehead atoms. The maximum atomic E-state index is 12.4. The second kappa shape index (κ2) is 10.5. The second-order valence-electron chi connectivity index (χ2n) is 8.48. The molecule has 1 aromatic carbocycles. The molecule has 1 aliphatic rings. The SMILES string of the molecule is COc1ccc(CNC(=O)CCc2c(C)nn(-c3ccc(N4CCCCC4)nn3)c2C)cc1. The van der Waals surface area contributed by atoms with Crippen molar-refractivity contribution in [2.45, 2.75) is 52.5 Å². The van der Waals surface area contributed by atoms with Crippen molar-refractivity contribution in [2.24, 2.45) is 0 Å². The van der Waals surface area contributed by atoms with Crippen molar-refractivity contribution in [3.05, 3.63) is 58.9 Å². The number of rotatable bonds is 8. The number of hydrogen-bond donors (Lipinski definition) is 1. The standard InChI is InChI=1S/C25H32N6O2/c1-18-22(11-14-25(32)26-17-20-7-9-21(33-3)10-8-20)19(2)31(29-18)24-13-12-23(27-28-24)30-15-5-4-6-16-30/h7-10,12-13H,4-6,11,14-17H2,1-3H3,(H,26,32). The summed E-state index contributed by atoms with van der Waals surface area (Å²) in [5.74, 6) is 2.45. The average Bonchev–Trinajstić information content (AvgIpc) is 3.15. The molecule has 33 heavy (non-hydrogen) atoms. The van der Waals surface area contributed by atoms with E-state index in [0.717, 1.165) is 47.2 Å². The molecule has 1 fully saturated rings. The minimum Gasteiger partial charge on any atom is -0.497 e. The predicted octanol–water partition coefficient (Wildman–Crippen LogP) is 3.53. The Bertz CT molecular complexity index is 1070. The first-order valence-electron chi connectivity index (χ1n) is 11.6. The Hall–Kier alpha value is -3.42. The third-order valence-corrected chi connectivity index (χ3v) is 6.23. The van der Waals surface area contributed by atoms with Crippen LogP contribution in [0.25, 0.3) is 5.82 Å². The lowest BCUT2D eigenvalue weighted by molar-refractivity contribution is -0.121. The highest BCUT2D eigenvalue weighted by atomic mass is 16.5. The monoisotopic (exact) mass is 448 g/mol. The summed E-state index contributed by atoms with van der Waals surface area (Å²) in [6.45, 7) is 6.57. The molecule has 0 spiro atoms. The van der Waals surface area contributed by atoms with Gasteiger partial charge >= 0.3 is 0 Å². The van der Waals surface area contributed by atoms with E-state index in [1.807, 2.05) is 54.9 Å². The molecule has 1 amide bonds. The van der Waals surface area contributed by atoms with E-state index in [1.54, 1.807) is 7.11 Å². The third kappa shape index (κ3) is 5.50. The Morgan fingerprint density at radius 3 is 2.36 bits per heavy atom. The Balaban J connectivity index is 1.35. The Morgan fingerprint density at radius 2 is 1.70 bits per heavy atom. The Kier molecular flexibility index (Phi) is 7.22. The first kappa shape index (κ1) is 22.8. The Morgan fingerprint density at radius 1 is 1.00 bits per heavy atom. The second-order valence-corrected chi connectivity index (χ2v) is 8.48. The number of anilines is 1. The lowest BCUT2D eigenvalue weighted by Crippen LogP contribution is -2.30. The molecule has 174 valence electrons. The number of carbonyl (C=O) groups excluding carboxylic acids is 1. The number of nitrogens with one attached hydrogen (secondary N) is 1. The number of carbonyl (C=O) groups is 1. The summed E-state index contributed by atoms with van der Waals surface area (Å²) < 4.78 is 6.99. The van der Waals surface area contributed by atoms with Gasteiger partial charge in [-0.3, -0.25) is 4.79 Å². The van der Waals surface area contributed by atoms with Gasteiger partial charge in [-0.05, 0) is 74.9 Å². The van der Waals surface area contributed by atoms with Gasteiger partial charge in [0.15, 0.2) is 11.6 Å². The van der Waals surface area contributed by atoms with Gasteiger partial charge in [0.05, 0.1) is 12.8 Å². The lowest BCUT2D eigenvalue weighted by atomic mass is 10.1. The van der Waals surface area contributed by atoms with Gasteiger partial charge in [-0.25, -0.2) is 4.68 Å². The molecular weight excluding hydrogens is 416 g/mol. The quantitative estimate of drug-likeness (QED) is 0.568. The normalized spacial score (nSPS) is 13.7. The summed E-state index contributed by atoms with van der Waals surface area (Å²) in [5, 5.41) is 16.5. The van der Waals surface area contributed by atoms with Gasteiger partial charge in [-0.2, -0.15) is 5.10 Å². The minimum atomic E-state index is 0.0167. The molecule has 0 atom stereocenters. The molecule has 2 aromatic heterocycles. The van der Waals surface area contributed by atoms with Crippen LogP contribution in [0.4, 0.5) is 5.82 Å². The van der Waals surface area contributed by atoms with Crippen molar-refractivity contribution in [2.75, 3.05) is 25.1 Å². The van der Waals surface area contributed by atoms with Gasteiger partial charge in [-0.15, -0.1) is 10.2 Å². The zero-order chi connectivity index (χ0) is 23.2. The highest BCUT2D eigenvalue weighted by Gasteiger charge is 2.17. The number of amides is 1. The van der Waals surface area contributed by atoms with Crippen LogP contribution in [-0.4, -0.2) is 46.1 Å². The number of nitrogens with zero attached hydrogens (tertiary/aromatic N) is 5. The molecule has 4 rings (SSSR count). The van der Waals surface area contributed by atoms with Crippen molar-refractivity contribution in [1.82, 2.24) is 25.3 Å². The maximum Gasteiger partial charge on any atom is 0.220 e. The van der Waals surface area contributed by atoms with Crippen LogP contribution in [0, 0.1) is 13.8 Å². The fraction of sp³-hybridized carbons (Fsp3) is 0.440. The van der Waals surface area contributed by atoms with Gasteiger partial charge in [0.25, 0.3) is 0 Å². The van der Waals surface area contributed by atoms with Crippen molar-refractivity contribution < 1.29 is 9.53 Å². The van der Waals surface area contributed by atoms with E-state index in [-0.39, 0.29) is 5.91 Å². The van der Waals surface area contributed by atoms with Gasteiger partial charge in [-0.1, -0.05) is 12.1 Å². The lowest BCUT2D eigenvalue weighted by Gasteiger charge is -2.27. The fourth-order valence-corrected chi connectivity index (χ4v) is 4.25. The van der Waals surface area contributed by atoms with Gasteiger partial charge in [0.2, 0.25) is 5.91 Å². The molecule has 0 unspecified atom stereocenters. The highest BCUT2D eigenvalue weighted by Crippen LogP contribution is 2.21. The van der Waals surface area contributed by atoms with Gasteiger partial charge in [0, 0.05) is 31.7 Å². The van der Waals surface area contributed by atoms with Crippen molar-refractivity contribution in [3.63, 3.8) is 0 Å². The van der Waals surface area contributed by atoms with Crippen LogP contribution in [0.2, 0.25) is 0 Å². The van der Waals surface area contributed by atoms with Crippen LogP contribution < -0.4 is 15.0 Å². The number of hydrogen-bond acceptors (Lipinski definition) is 6. The maximum absolute atomic E-state index is 12.4. The summed E-state index contributed by atoms with van der Waals surface area (Å²) in [6, 6.07) is 11.7. The molecule has 3 aromatic rings. The van der Waals surface area contributed by atoms with Crippen LogP contribution in [0.3, 0.4) is 0 Å². The summed E-state index contributed by atoms with van der Waals surface area (Å²) in [4.78, 5) is 14.7. The zero-order valence-corrected chi connectivity index (χ0v) is 19.7. The van der Waals surface area contributed by atoms with E-state index < -0.39 is 0 Å². The third-order valence-electron chi connectivity index (χ3n) is 6.23. The minimum absolute atomic E-state index is 0.0167. The van der Waals surface area contributed by atoms with E-state index in [2.05, 4.69) is 25.5 Å². The summed E-state index contributed by atoms with van der Waals surface area (Å²) in [5.41, 5.74) is 4.03. The molecule has 1 N–H and O–H groups in total. The molecule has 1 saturated heterocycles. The largest absolute Gasteiger partial charge is 0.497 e. The summed E-state index contributed by atoms with van der Waals surface area (Å²) in [7, 11) is 1.64. The highest BCUT2D eigenvalue weighted by molar-refractivity contribution is 5.76. The molecule has 3 heterocycles. The summed E-state index contributed by atoms with van der Waals surface area (Å²) in [6.07, 6.45) is 4.74. The Labute approximate surface area is 195 Å². The number of aromatic nitrogens is 4. The van der Waals surface area contributed by atoms with E-state index in [9.17, 15) is 4.79 Å². The average molecular weight is 449 g/mol. The van der Waals surface area contributed by atoms with Crippen LogP contribution in [-0.2, 0) is 17.8 Å². The number of ether oxygens (including phenoxy) is 1. The van der Waals surface area contributed by atoms with E-state index >= 15 is 0 Å². The van der Waals surface area contributed by atoms with E-state index in [0.29, 0.717) is 25.2 Å². The number of methoxy groups -OCH3 is 1. The number of aryl methyl sites for hydroxylation is 1. The first-order chi connectivity index (χ1) is 16.0. The topological polar surface area (TPSA) is 85.2 Å². The molecule has 0 saturated carbocycles. The van der Waals surface area contributed by atoms with E-state index in [4.69, 9.17) is 4.74 Å². The van der Waals surface area contributed by atoms with Gasteiger partial charge < -0.3 is 15.0 Å². The van der Waals surface area contributed by atoms with Gasteiger partial charge in [0.1, 0.15) is 5.75 Å². The molecule has 8 nitrogen and oxygen atoms in total. The molecule has 0 radical (unpaired) electrons. The predicted molar refractivity (Wildman–Crippen MR) is 128 cm³/mol. The number of benzene rings is 1. The van der Waals surface area contributed by atoms with E-state index in [1.165, 1.54) is 19.3 Å². The first-order valence-corrected chi connectivity index (χ1v) is 11.6. The van der Waals surface area contributed by atoms with Crippen LogP contribution in [0.1, 0.15) is 48.2 Å². The van der Waals surface area contributed by atoms with Crippen molar-refractivity contribution in [3.8, 4) is 11.6 Å². The van der Waals surface area contributed by atoms with Crippen molar-refractivity contribution >= 4 is 11.7 Å². The smallest absolute Gasteiger partial charge is 0.220 e. The molecule has 1 aliphatic heterocycles. The molecule has 0 aliphatic carbocycles. The van der Waals surface area contributed by atoms with Crippen molar-refractivity contribution in [1.29, 1.82) is 0 Å². The van der Waals surface area contributed by atoms with Crippen LogP contribution >= 0.6 is 0 Å². The van der Waals surface area contributed by atoms with Crippen LogP contribution in [0.15, 0.2) is 36.4 Å². The van der Waals surface area contributed by atoms with Crippen LogP contribution in [0.5, 0.6) is 5.75 Å². The number of piperidine rings is 1. The molecule has 8 heteroatoms.